The fourth-order valence-electron chi connectivity index (χ4n) is 2.36. The van der Waals surface area contributed by atoms with Crippen LogP contribution in [0.15, 0.2) is 46.2 Å². The number of hydrogen-bond acceptors (Lipinski definition) is 6. The van der Waals surface area contributed by atoms with Crippen LogP contribution in [0.3, 0.4) is 0 Å². The summed E-state index contributed by atoms with van der Waals surface area (Å²) in [6, 6.07) is 8.28. The number of carbonyl (C=O) groups excluding carboxylic acids is 1. The summed E-state index contributed by atoms with van der Waals surface area (Å²) in [6.45, 7) is 5.02. The number of carbonyl (C=O) groups is 1. The molecule has 2 rings (SSSR count). The van der Waals surface area contributed by atoms with E-state index in [1.165, 1.54) is 49.7 Å². The van der Waals surface area contributed by atoms with Crippen molar-refractivity contribution >= 4 is 50.6 Å². The molecule has 0 aliphatic carbocycles. The van der Waals surface area contributed by atoms with Gasteiger partial charge in [-0.25, -0.2) is 8.42 Å². The molecule has 30 heavy (non-hydrogen) atoms. The van der Waals surface area contributed by atoms with Gasteiger partial charge in [0.1, 0.15) is 18.5 Å². The second kappa shape index (κ2) is 11.1. The van der Waals surface area contributed by atoms with Gasteiger partial charge in [0, 0.05) is 6.92 Å². The van der Waals surface area contributed by atoms with E-state index in [0.29, 0.717) is 5.75 Å². The first-order valence-electron chi connectivity index (χ1n) is 8.63. The van der Waals surface area contributed by atoms with Gasteiger partial charge in [-0.3, -0.25) is 4.79 Å². The van der Waals surface area contributed by atoms with Crippen molar-refractivity contribution in [2.24, 2.45) is 0 Å². The van der Waals surface area contributed by atoms with Crippen molar-refractivity contribution < 1.29 is 27.4 Å². The lowest BCUT2D eigenvalue weighted by atomic mass is 10.3. The van der Waals surface area contributed by atoms with Gasteiger partial charge in [-0.1, -0.05) is 23.2 Å². The third-order valence-electron chi connectivity index (χ3n) is 3.70. The van der Waals surface area contributed by atoms with Gasteiger partial charge in [-0.15, -0.1) is 11.6 Å². The molecule has 0 aliphatic heterocycles. The SMILES string of the molecule is [CH2][CH]COc1c(Cl)cc(S(=O)(=O)c2ccc(OCC(CCl)OC(C)=O)cc2)cc1Cl. The highest BCUT2D eigenvalue weighted by atomic mass is 35.5. The summed E-state index contributed by atoms with van der Waals surface area (Å²) >= 11 is 18.0. The molecule has 0 saturated carbocycles. The Bertz CT molecular complexity index is 954. The summed E-state index contributed by atoms with van der Waals surface area (Å²) < 4.78 is 41.7. The quantitative estimate of drug-likeness (QED) is 0.350. The Morgan fingerprint density at radius 3 is 2.20 bits per heavy atom. The number of ether oxygens (including phenoxy) is 3. The number of esters is 1. The van der Waals surface area contributed by atoms with Crippen LogP contribution in [0.4, 0.5) is 0 Å². The molecule has 2 aromatic rings. The third kappa shape index (κ3) is 6.41. The molecule has 2 radical (unpaired) electrons. The van der Waals surface area contributed by atoms with Crippen molar-refractivity contribution in [2.45, 2.75) is 22.8 Å². The van der Waals surface area contributed by atoms with E-state index in [1.807, 2.05) is 0 Å². The highest BCUT2D eigenvalue weighted by molar-refractivity contribution is 7.91. The lowest BCUT2D eigenvalue weighted by Crippen LogP contribution is -2.25. The Hall–Kier alpha value is -1.67. The molecular weight excluding hydrogens is 475 g/mol. The van der Waals surface area contributed by atoms with Gasteiger partial charge in [0.05, 0.1) is 32.3 Å². The average molecular weight is 494 g/mol. The first kappa shape index (κ1) is 24.6. The molecular formula is C20H19Cl3O6S. The van der Waals surface area contributed by atoms with Crippen LogP contribution < -0.4 is 9.47 Å². The van der Waals surface area contributed by atoms with Crippen LogP contribution >= 0.6 is 34.8 Å². The number of sulfone groups is 1. The molecule has 0 fully saturated rings. The van der Waals surface area contributed by atoms with Crippen LogP contribution in [0, 0.1) is 13.3 Å². The number of benzene rings is 2. The molecule has 6 nitrogen and oxygen atoms in total. The summed E-state index contributed by atoms with van der Waals surface area (Å²) in [7, 11) is -3.88. The Balaban J connectivity index is 2.18. The summed E-state index contributed by atoms with van der Waals surface area (Å²) in [4.78, 5) is 10.9. The third-order valence-corrected chi connectivity index (χ3v) is 6.36. The van der Waals surface area contributed by atoms with Crippen LogP contribution in [0.1, 0.15) is 6.92 Å². The van der Waals surface area contributed by atoms with Crippen LogP contribution in [0.5, 0.6) is 11.5 Å². The zero-order valence-corrected chi connectivity index (χ0v) is 19.0. The highest BCUT2D eigenvalue weighted by Crippen LogP contribution is 2.37. The Morgan fingerprint density at radius 2 is 1.70 bits per heavy atom. The minimum absolute atomic E-state index is 0.0237. The lowest BCUT2D eigenvalue weighted by Gasteiger charge is -2.15. The molecule has 0 N–H and O–H groups in total. The highest BCUT2D eigenvalue weighted by Gasteiger charge is 2.22. The van der Waals surface area contributed by atoms with Gasteiger partial charge in [-0.05, 0) is 49.7 Å². The smallest absolute Gasteiger partial charge is 0.303 e. The number of rotatable bonds is 10. The van der Waals surface area contributed by atoms with Crippen molar-refractivity contribution in [3.8, 4) is 11.5 Å². The molecule has 2 aromatic carbocycles. The Kier molecular flexibility index (Phi) is 9.09. The first-order chi connectivity index (χ1) is 14.2. The monoisotopic (exact) mass is 492 g/mol. The van der Waals surface area contributed by atoms with Gasteiger partial charge in [-0.2, -0.15) is 0 Å². The second-order valence-electron chi connectivity index (χ2n) is 5.99. The molecule has 0 heterocycles. The molecule has 0 aromatic heterocycles. The fourth-order valence-corrected chi connectivity index (χ4v) is 4.55. The van der Waals surface area contributed by atoms with Crippen molar-refractivity contribution in [1.82, 2.24) is 0 Å². The minimum atomic E-state index is -3.88. The molecule has 0 amide bonds. The van der Waals surface area contributed by atoms with Gasteiger partial charge < -0.3 is 14.2 Å². The molecule has 162 valence electrons. The average Bonchev–Trinajstić information content (AvgIpc) is 2.70. The van der Waals surface area contributed by atoms with Crippen LogP contribution in [0.25, 0.3) is 0 Å². The predicted molar refractivity (Wildman–Crippen MR) is 115 cm³/mol. The topological polar surface area (TPSA) is 78.9 Å². The molecule has 1 atom stereocenters. The van der Waals surface area contributed by atoms with Crippen LogP contribution in [0.2, 0.25) is 10.0 Å². The van der Waals surface area contributed by atoms with Gasteiger partial charge >= 0.3 is 5.97 Å². The number of halogens is 3. The maximum Gasteiger partial charge on any atom is 0.303 e. The second-order valence-corrected chi connectivity index (χ2v) is 9.06. The van der Waals surface area contributed by atoms with Crippen molar-refractivity contribution in [3.63, 3.8) is 0 Å². The largest absolute Gasteiger partial charge is 0.490 e. The molecule has 0 bridgehead atoms. The Labute approximate surface area is 190 Å². The summed E-state index contributed by atoms with van der Waals surface area (Å²) in [5, 5.41) is 0.140. The maximum absolute atomic E-state index is 12.9. The van der Waals surface area contributed by atoms with Crippen LogP contribution in [-0.2, 0) is 19.4 Å². The van der Waals surface area contributed by atoms with E-state index in [9.17, 15) is 13.2 Å². The van der Waals surface area contributed by atoms with E-state index in [0.717, 1.165) is 0 Å². The molecule has 1 unspecified atom stereocenters. The van der Waals surface area contributed by atoms with Crippen LogP contribution in [-0.4, -0.2) is 39.6 Å². The number of alkyl halides is 1. The summed E-state index contributed by atoms with van der Waals surface area (Å²) in [5.41, 5.74) is 0. The zero-order chi connectivity index (χ0) is 22.3. The van der Waals surface area contributed by atoms with Crippen molar-refractivity contribution in [3.05, 3.63) is 59.8 Å². The lowest BCUT2D eigenvalue weighted by molar-refractivity contribution is -0.146. The standard InChI is InChI=1S/C20H19Cl3O6S/c1-3-8-27-20-18(22)9-17(10-19(20)23)30(25,26)16-6-4-14(5-7-16)28-12-15(11-21)29-13(2)24/h3-7,9-10,15H,1,8,11-12H2,2H3. The van der Waals surface area contributed by atoms with E-state index in [2.05, 4.69) is 6.92 Å². The molecule has 0 spiro atoms. The minimum Gasteiger partial charge on any atom is -0.490 e. The first-order valence-corrected chi connectivity index (χ1v) is 11.4. The molecule has 0 saturated heterocycles. The zero-order valence-electron chi connectivity index (χ0n) is 15.9. The normalized spacial score (nSPS) is 12.3. The number of hydrogen-bond donors (Lipinski definition) is 0. The van der Waals surface area contributed by atoms with Gasteiger partial charge in [0.15, 0.2) is 5.75 Å². The van der Waals surface area contributed by atoms with E-state index in [1.54, 1.807) is 0 Å². The van der Waals surface area contributed by atoms with E-state index in [4.69, 9.17) is 49.0 Å². The maximum atomic E-state index is 12.9. The van der Waals surface area contributed by atoms with Crippen molar-refractivity contribution in [1.29, 1.82) is 0 Å². The van der Waals surface area contributed by atoms with E-state index >= 15 is 0 Å². The Morgan fingerprint density at radius 1 is 1.10 bits per heavy atom. The van der Waals surface area contributed by atoms with Crippen molar-refractivity contribution in [2.75, 3.05) is 19.1 Å². The fraction of sp³-hybridized carbons (Fsp3) is 0.250. The summed E-state index contributed by atoms with van der Waals surface area (Å²) in [6.07, 6.45) is 0.904. The van der Waals surface area contributed by atoms with E-state index < -0.39 is 21.9 Å². The summed E-state index contributed by atoms with van der Waals surface area (Å²) in [5.74, 6) is 0.173. The molecule has 10 heteroatoms. The predicted octanol–water partition coefficient (Wildman–Crippen LogP) is 4.79. The van der Waals surface area contributed by atoms with Gasteiger partial charge in [0.25, 0.3) is 0 Å². The van der Waals surface area contributed by atoms with E-state index in [-0.39, 0.29) is 44.7 Å². The molecule has 0 aliphatic rings. The van der Waals surface area contributed by atoms with Gasteiger partial charge in [0.2, 0.25) is 9.84 Å².